The molecule has 0 aliphatic carbocycles. The fraction of sp³-hybridized carbons (Fsp3) is 0.267. The van der Waals surface area contributed by atoms with Gasteiger partial charge in [-0.15, -0.1) is 0 Å². The van der Waals surface area contributed by atoms with Gasteiger partial charge >= 0.3 is 0 Å². The molecule has 1 aromatic heterocycles. The predicted octanol–water partition coefficient (Wildman–Crippen LogP) is 4.20. The van der Waals surface area contributed by atoms with Crippen LogP contribution in [0.5, 0.6) is 0 Å². The Morgan fingerprint density at radius 2 is 2.00 bits per heavy atom. The molecule has 0 aliphatic rings. The third-order valence-electron chi connectivity index (χ3n) is 3.21. The van der Waals surface area contributed by atoms with Gasteiger partial charge in [-0.05, 0) is 55.3 Å². The molecule has 100 valence electrons. The van der Waals surface area contributed by atoms with Crippen LogP contribution in [0.2, 0.25) is 10.0 Å². The number of aromatic nitrogens is 1. The molecular formula is C15H16Cl2N2. The molecule has 1 heterocycles. The molecule has 0 radical (unpaired) electrons. The summed E-state index contributed by atoms with van der Waals surface area (Å²) in [4.78, 5) is 4.13. The van der Waals surface area contributed by atoms with Crippen LogP contribution in [0.3, 0.4) is 0 Å². The first kappa shape index (κ1) is 14.3. The van der Waals surface area contributed by atoms with Crippen LogP contribution < -0.4 is 5.32 Å². The minimum Gasteiger partial charge on any atom is -0.313 e. The molecular weight excluding hydrogens is 279 g/mol. The summed E-state index contributed by atoms with van der Waals surface area (Å²) < 4.78 is 0. The molecule has 2 rings (SSSR count). The highest BCUT2D eigenvalue weighted by Gasteiger charge is 2.13. The fourth-order valence-corrected chi connectivity index (χ4v) is 2.47. The van der Waals surface area contributed by atoms with Gasteiger partial charge in [0.25, 0.3) is 0 Å². The van der Waals surface area contributed by atoms with Crippen LogP contribution in [-0.4, -0.2) is 12.0 Å². The summed E-state index contributed by atoms with van der Waals surface area (Å²) >= 11 is 12.0. The van der Waals surface area contributed by atoms with Crippen LogP contribution in [0.15, 0.2) is 36.7 Å². The van der Waals surface area contributed by atoms with Gasteiger partial charge in [0, 0.05) is 18.4 Å². The minimum atomic E-state index is 0.236. The van der Waals surface area contributed by atoms with E-state index >= 15 is 0 Å². The molecule has 1 unspecified atom stereocenters. The fourth-order valence-electron chi connectivity index (χ4n) is 2.14. The Morgan fingerprint density at radius 3 is 2.63 bits per heavy atom. The van der Waals surface area contributed by atoms with Crippen molar-refractivity contribution in [3.05, 3.63) is 63.4 Å². The van der Waals surface area contributed by atoms with E-state index in [4.69, 9.17) is 23.2 Å². The third-order valence-corrected chi connectivity index (χ3v) is 3.95. The summed E-state index contributed by atoms with van der Waals surface area (Å²) in [7, 11) is 1.96. The number of pyridine rings is 1. The normalized spacial score (nSPS) is 12.4. The van der Waals surface area contributed by atoms with Crippen LogP contribution in [-0.2, 0) is 6.42 Å². The Bertz CT molecular complexity index is 570. The highest BCUT2D eigenvalue weighted by Crippen LogP contribution is 2.26. The number of aryl methyl sites for hydroxylation is 1. The maximum Gasteiger partial charge on any atom is 0.0595 e. The molecule has 4 heteroatoms. The first-order valence-corrected chi connectivity index (χ1v) is 6.89. The zero-order valence-corrected chi connectivity index (χ0v) is 12.5. The standard InChI is InChI=1S/C15H16Cl2N2/c1-10-9-19-6-5-12(10)15(18-2)8-11-3-4-13(16)14(17)7-11/h3-7,9,15,18H,8H2,1-2H3. The Hall–Kier alpha value is -1.09. The van der Waals surface area contributed by atoms with Crippen LogP contribution in [0.4, 0.5) is 0 Å². The van der Waals surface area contributed by atoms with Crippen LogP contribution in [0, 0.1) is 6.92 Å². The lowest BCUT2D eigenvalue weighted by Crippen LogP contribution is -2.19. The van der Waals surface area contributed by atoms with Crippen LogP contribution in [0.25, 0.3) is 0 Å². The second-order valence-corrected chi connectivity index (χ2v) is 5.34. The van der Waals surface area contributed by atoms with E-state index in [1.54, 1.807) is 0 Å². The molecule has 1 N–H and O–H groups in total. The number of halogens is 2. The van der Waals surface area contributed by atoms with Gasteiger partial charge < -0.3 is 5.32 Å². The van der Waals surface area contributed by atoms with Crippen molar-refractivity contribution in [2.75, 3.05) is 7.05 Å². The molecule has 0 amide bonds. The summed E-state index contributed by atoms with van der Waals surface area (Å²) in [6.45, 7) is 2.07. The zero-order valence-electron chi connectivity index (χ0n) is 11.0. The Morgan fingerprint density at radius 1 is 1.21 bits per heavy atom. The summed E-state index contributed by atoms with van der Waals surface area (Å²) in [5.41, 5.74) is 3.59. The van der Waals surface area contributed by atoms with Gasteiger partial charge in [0.05, 0.1) is 10.0 Å². The Kier molecular flexibility index (Phi) is 4.81. The second kappa shape index (κ2) is 6.38. The van der Waals surface area contributed by atoms with E-state index in [1.165, 1.54) is 11.1 Å². The van der Waals surface area contributed by atoms with Gasteiger partial charge in [-0.2, -0.15) is 0 Å². The van der Waals surface area contributed by atoms with Crippen molar-refractivity contribution >= 4 is 23.2 Å². The van der Waals surface area contributed by atoms with Crippen molar-refractivity contribution in [2.24, 2.45) is 0 Å². The van der Waals surface area contributed by atoms with Crippen molar-refractivity contribution in [1.82, 2.24) is 10.3 Å². The molecule has 0 saturated carbocycles. The Labute approximate surface area is 123 Å². The van der Waals surface area contributed by atoms with Gasteiger partial charge in [0.2, 0.25) is 0 Å². The van der Waals surface area contributed by atoms with Gasteiger partial charge in [-0.25, -0.2) is 0 Å². The van der Waals surface area contributed by atoms with E-state index < -0.39 is 0 Å². The molecule has 2 aromatic rings. The van der Waals surface area contributed by atoms with E-state index in [0.29, 0.717) is 10.0 Å². The first-order valence-electron chi connectivity index (χ1n) is 6.13. The molecule has 1 aromatic carbocycles. The highest BCUT2D eigenvalue weighted by atomic mass is 35.5. The van der Waals surface area contributed by atoms with E-state index in [9.17, 15) is 0 Å². The summed E-state index contributed by atoms with van der Waals surface area (Å²) in [6, 6.07) is 8.05. The molecule has 2 nitrogen and oxygen atoms in total. The molecule has 1 atom stereocenters. The lowest BCUT2D eigenvalue weighted by Gasteiger charge is -2.19. The quantitative estimate of drug-likeness (QED) is 0.914. The second-order valence-electron chi connectivity index (χ2n) is 4.53. The van der Waals surface area contributed by atoms with Gasteiger partial charge in [0.1, 0.15) is 0 Å². The van der Waals surface area contributed by atoms with Crippen molar-refractivity contribution < 1.29 is 0 Å². The first-order chi connectivity index (χ1) is 9.11. The van der Waals surface area contributed by atoms with Gasteiger partial charge in [0.15, 0.2) is 0 Å². The molecule has 0 bridgehead atoms. The lowest BCUT2D eigenvalue weighted by atomic mass is 9.97. The van der Waals surface area contributed by atoms with E-state index in [0.717, 1.165) is 12.0 Å². The minimum absolute atomic E-state index is 0.236. The lowest BCUT2D eigenvalue weighted by molar-refractivity contribution is 0.588. The monoisotopic (exact) mass is 294 g/mol. The average Bonchev–Trinajstić information content (AvgIpc) is 2.41. The van der Waals surface area contributed by atoms with Crippen LogP contribution in [0.1, 0.15) is 22.7 Å². The summed E-state index contributed by atoms with van der Waals surface area (Å²) in [5.74, 6) is 0. The van der Waals surface area contributed by atoms with E-state index in [-0.39, 0.29) is 6.04 Å². The van der Waals surface area contributed by atoms with Crippen molar-refractivity contribution in [3.63, 3.8) is 0 Å². The number of benzene rings is 1. The molecule has 0 aliphatic heterocycles. The average molecular weight is 295 g/mol. The number of hydrogen-bond acceptors (Lipinski definition) is 2. The third kappa shape index (κ3) is 3.47. The number of rotatable bonds is 4. The van der Waals surface area contributed by atoms with Crippen molar-refractivity contribution in [1.29, 1.82) is 0 Å². The topological polar surface area (TPSA) is 24.9 Å². The molecule has 0 spiro atoms. The largest absolute Gasteiger partial charge is 0.313 e. The summed E-state index contributed by atoms with van der Waals surface area (Å²) in [6.07, 6.45) is 4.56. The predicted molar refractivity (Wildman–Crippen MR) is 80.9 cm³/mol. The van der Waals surface area contributed by atoms with E-state index in [2.05, 4.69) is 17.2 Å². The maximum atomic E-state index is 6.06. The van der Waals surface area contributed by atoms with Crippen molar-refractivity contribution in [2.45, 2.75) is 19.4 Å². The zero-order chi connectivity index (χ0) is 13.8. The summed E-state index contributed by atoms with van der Waals surface area (Å²) in [5, 5.41) is 4.52. The number of likely N-dealkylation sites (N-methyl/N-ethyl adjacent to an activating group) is 1. The Balaban J connectivity index is 2.24. The van der Waals surface area contributed by atoms with Gasteiger partial charge in [-0.3, -0.25) is 4.98 Å². The van der Waals surface area contributed by atoms with Crippen LogP contribution >= 0.6 is 23.2 Å². The number of hydrogen-bond donors (Lipinski definition) is 1. The maximum absolute atomic E-state index is 6.06. The highest BCUT2D eigenvalue weighted by molar-refractivity contribution is 6.42. The van der Waals surface area contributed by atoms with E-state index in [1.807, 2.05) is 43.7 Å². The number of nitrogens with zero attached hydrogens (tertiary/aromatic N) is 1. The number of nitrogens with one attached hydrogen (secondary N) is 1. The SMILES string of the molecule is CNC(Cc1ccc(Cl)c(Cl)c1)c1ccncc1C. The molecule has 19 heavy (non-hydrogen) atoms. The van der Waals surface area contributed by atoms with Crippen molar-refractivity contribution in [3.8, 4) is 0 Å². The molecule has 0 saturated heterocycles. The molecule has 0 fully saturated rings. The van der Waals surface area contributed by atoms with Gasteiger partial charge in [-0.1, -0.05) is 29.3 Å². The smallest absolute Gasteiger partial charge is 0.0595 e.